The van der Waals surface area contributed by atoms with E-state index in [2.05, 4.69) is 10.3 Å². The van der Waals surface area contributed by atoms with Crippen LogP contribution in [0.25, 0.3) is 0 Å². The summed E-state index contributed by atoms with van der Waals surface area (Å²) in [7, 11) is 0. The number of nitrogens with zero attached hydrogens (tertiary/aromatic N) is 1. The molecule has 1 saturated carbocycles. The van der Waals surface area contributed by atoms with Gasteiger partial charge in [0.25, 0.3) is 0 Å². The van der Waals surface area contributed by atoms with Gasteiger partial charge in [0.15, 0.2) is 0 Å². The summed E-state index contributed by atoms with van der Waals surface area (Å²) in [5, 5.41) is 13.4. The van der Waals surface area contributed by atoms with Crippen molar-refractivity contribution in [3.63, 3.8) is 0 Å². The molecule has 2 rings (SSSR count). The summed E-state index contributed by atoms with van der Waals surface area (Å²) in [6, 6.07) is 1.67. The van der Waals surface area contributed by atoms with Crippen LogP contribution in [0.5, 0.6) is 0 Å². The number of hydrogen-bond donors (Lipinski definition) is 3. The summed E-state index contributed by atoms with van der Waals surface area (Å²) in [5.74, 6) is 0.945. The highest BCUT2D eigenvalue weighted by molar-refractivity contribution is 6.30. The van der Waals surface area contributed by atoms with Gasteiger partial charge in [0.2, 0.25) is 0 Å². The first-order valence-corrected chi connectivity index (χ1v) is 5.87. The molecule has 5 heteroatoms. The predicted molar refractivity (Wildman–Crippen MR) is 65.5 cm³/mol. The monoisotopic (exact) mass is 241 g/mol. The third-order valence-corrected chi connectivity index (χ3v) is 3.24. The van der Waals surface area contributed by atoms with E-state index in [0.29, 0.717) is 29.0 Å². The summed E-state index contributed by atoms with van der Waals surface area (Å²) < 4.78 is 0. The van der Waals surface area contributed by atoms with Crippen molar-refractivity contribution >= 4 is 23.1 Å². The predicted octanol–water partition coefficient (Wildman–Crippen LogP) is 1.89. The van der Waals surface area contributed by atoms with Gasteiger partial charge >= 0.3 is 0 Å². The molecule has 0 saturated heterocycles. The normalized spacial score (nSPS) is 24.6. The van der Waals surface area contributed by atoms with Crippen molar-refractivity contribution in [3.05, 3.63) is 17.3 Å². The minimum absolute atomic E-state index is 0.193. The summed E-state index contributed by atoms with van der Waals surface area (Å²) >= 11 is 5.76. The van der Waals surface area contributed by atoms with Crippen molar-refractivity contribution in [2.75, 3.05) is 17.6 Å². The van der Waals surface area contributed by atoms with E-state index in [0.717, 1.165) is 19.3 Å². The fourth-order valence-electron chi connectivity index (χ4n) is 2.09. The summed E-state index contributed by atoms with van der Waals surface area (Å²) in [6.45, 7) is 0.708. The number of hydrogen-bond acceptors (Lipinski definition) is 4. The van der Waals surface area contributed by atoms with Crippen LogP contribution in [0.3, 0.4) is 0 Å². The van der Waals surface area contributed by atoms with Crippen LogP contribution < -0.4 is 11.1 Å². The Morgan fingerprint density at radius 3 is 3.00 bits per heavy atom. The van der Waals surface area contributed by atoms with E-state index in [1.165, 1.54) is 0 Å². The van der Waals surface area contributed by atoms with Gasteiger partial charge in [-0.05, 0) is 18.9 Å². The molecule has 16 heavy (non-hydrogen) atoms. The van der Waals surface area contributed by atoms with E-state index in [-0.39, 0.29) is 6.10 Å². The number of anilines is 2. The lowest BCUT2D eigenvalue weighted by Gasteiger charge is -2.16. The van der Waals surface area contributed by atoms with E-state index in [9.17, 15) is 5.11 Å². The molecule has 1 aromatic heterocycles. The standard InChI is InChI=1S/C11H16ClN3O/c12-8-4-9(13)11(15-6-8)14-5-7-2-1-3-10(7)16/h4,6-7,10,16H,1-3,5,13H2,(H,14,15). The number of nitrogens with two attached hydrogens (primary N) is 1. The largest absolute Gasteiger partial charge is 0.396 e. The number of nitrogens with one attached hydrogen (secondary N) is 1. The van der Waals surface area contributed by atoms with E-state index in [1.54, 1.807) is 12.3 Å². The van der Waals surface area contributed by atoms with Crippen LogP contribution in [0.4, 0.5) is 11.5 Å². The van der Waals surface area contributed by atoms with Crippen molar-refractivity contribution < 1.29 is 5.11 Å². The number of aliphatic hydroxyl groups is 1. The number of aliphatic hydroxyl groups excluding tert-OH is 1. The maximum absolute atomic E-state index is 9.67. The van der Waals surface area contributed by atoms with Crippen molar-refractivity contribution in [3.8, 4) is 0 Å². The first kappa shape index (κ1) is 11.5. The maximum Gasteiger partial charge on any atom is 0.149 e. The molecule has 2 unspecified atom stereocenters. The highest BCUT2D eigenvalue weighted by Crippen LogP contribution is 2.26. The van der Waals surface area contributed by atoms with E-state index >= 15 is 0 Å². The molecule has 1 aromatic rings. The molecule has 4 N–H and O–H groups in total. The fourth-order valence-corrected chi connectivity index (χ4v) is 2.25. The minimum Gasteiger partial charge on any atom is -0.396 e. The van der Waals surface area contributed by atoms with Gasteiger partial charge in [0.05, 0.1) is 16.8 Å². The van der Waals surface area contributed by atoms with Gasteiger partial charge in [-0.2, -0.15) is 0 Å². The van der Waals surface area contributed by atoms with Gasteiger partial charge in [-0.15, -0.1) is 0 Å². The second kappa shape index (κ2) is 4.89. The van der Waals surface area contributed by atoms with Crippen LogP contribution in [0.15, 0.2) is 12.3 Å². The molecule has 1 fully saturated rings. The lowest BCUT2D eigenvalue weighted by molar-refractivity contribution is 0.138. The Labute approximate surface area is 99.8 Å². The third kappa shape index (κ3) is 2.57. The van der Waals surface area contributed by atoms with Crippen LogP contribution in [0.1, 0.15) is 19.3 Å². The molecule has 0 spiro atoms. The van der Waals surface area contributed by atoms with Crippen LogP contribution in [-0.4, -0.2) is 22.7 Å². The Hall–Kier alpha value is -1.00. The lowest BCUT2D eigenvalue weighted by atomic mass is 10.1. The zero-order chi connectivity index (χ0) is 11.5. The van der Waals surface area contributed by atoms with E-state index in [4.69, 9.17) is 17.3 Å². The SMILES string of the molecule is Nc1cc(Cl)cnc1NCC1CCCC1O. The zero-order valence-electron chi connectivity index (χ0n) is 8.99. The average Bonchev–Trinajstić information content (AvgIpc) is 2.63. The van der Waals surface area contributed by atoms with Gasteiger partial charge in [0.1, 0.15) is 5.82 Å². The average molecular weight is 242 g/mol. The van der Waals surface area contributed by atoms with Gasteiger partial charge in [-0.3, -0.25) is 0 Å². The molecule has 4 nitrogen and oxygen atoms in total. The number of halogens is 1. The van der Waals surface area contributed by atoms with Gasteiger partial charge in [0, 0.05) is 18.7 Å². The number of aromatic nitrogens is 1. The number of pyridine rings is 1. The summed E-state index contributed by atoms with van der Waals surface area (Å²) in [5.41, 5.74) is 6.31. The Balaban J connectivity index is 1.94. The zero-order valence-corrected chi connectivity index (χ0v) is 9.74. The molecule has 0 bridgehead atoms. The van der Waals surface area contributed by atoms with Crippen LogP contribution in [0, 0.1) is 5.92 Å². The second-order valence-corrected chi connectivity index (χ2v) is 4.67. The topological polar surface area (TPSA) is 71.2 Å². The Bertz CT molecular complexity index is 372. The summed E-state index contributed by atoms with van der Waals surface area (Å²) in [4.78, 5) is 4.11. The van der Waals surface area contributed by atoms with E-state index < -0.39 is 0 Å². The quantitative estimate of drug-likeness (QED) is 0.756. The third-order valence-electron chi connectivity index (χ3n) is 3.03. The molecule has 2 atom stereocenters. The van der Waals surface area contributed by atoms with Gasteiger partial charge < -0.3 is 16.2 Å². The van der Waals surface area contributed by atoms with Crippen LogP contribution in [0.2, 0.25) is 5.02 Å². The van der Waals surface area contributed by atoms with Crippen molar-refractivity contribution in [2.45, 2.75) is 25.4 Å². The van der Waals surface area contributed by atoms with Crippen molar-refractivity contribution in [1.29, 1.82) is 0 Å². The molecule has 0 radical (unpaired) electrons. The highest BCUT2D eigenvalue weighted by atomic mass is 35.5. The molecule has 1 aliphatic carbocycles. The Morgan fingerprint density at radius 2 is 2.38 bits per heavy atom. The second-order valence-electron chi connectivity index (χ2n) is 4.23. The Kier molecular flexibility index (Phi) is 3.51. The maximum atomic E-state index is 9.67. The first-order valence-electron chi connectivity index (χ1n) is 5.50. The fraction of sp³-hybridized carbons (Fsp3) is 0.545. The van der Waals surface area contributed by atoms with Gasteiger partial charge in [-0.25, -0.2) is 4.98 Å². The molecular weight excluding hydrogens is 226 g/mol. The number of nitrogen functional groups attached to an aromatic ring is 1. The molecular formula is C11H16ClN3O. The molecule has 1 heterocycles. The van der Waals surface area contributed by atoms with Crippen molar-refractivity contribution in [2.24, 2.45) is 5.92 Å². The lowest BCUT2D eigenvalue weighted by Crippen LogP contribution is -2.22. The highest BCUT2D eigenvalue weighted by Gasteiger charge is 2.24. The first-order chi connectivity index (χ1) is 7.66. The molecule has 0 amide bonds. The molecule has 0 aromatic carbocycles. The number of rotatable bonds is 3. The smallest absolute Gasteiger partial charge is 0.149 e. The molecule has 88 valence electrons. The van der Waals surface area contributed by atoms with Crippen molar-refractivity contribution in [1.82, 2.24) is 4.98 Å². The molecule has 0 aliphatic heterocycles. The Morgan fingerprint density at radius 1 is 1.56 bits per heavy atom. The van der Waals surface area contributed by atoms with Crippen LogP contribution in [-0.2, 0) is 0 Å². The molecule has 1 aliphatic rings. The van der Waals surface area contributed by atoms with Crippen LogP contribution >= 0.6 is 11.6 Å². The minimum atomic E-state index is -0.193. The van der Waals surface area contributed by atoms with E-state index in [1.807, 2.05) is 0 Å². The van der Waals surface area contributed by atoms with Gasteiger partial charge in [-0.1, -0.05) is 18.0 Å². The summed E-state index contributed by atoms with van der Waals surface area (Å²) in [6.07, 6.45) is 4.42.